The first kappa shape index (κ1) is 27.4. The number of likely N-dealkylation sites (tertiary alicyclic amines) is 1. The van der Waals surface area contributed by atoms with E-state index in [2.05, 4.69) is 25.8 Å². The molecule has 1 aromatic carbocycles. The SMILES string of the molecule is O=C(Nc1cn(C2CCN(CCNCCO)C2=O)nc1-c1cc(Cl)ccc1OC(F)F)c1cnn2cccnc12. The molecular weight excluding hydrogens is 550 g/mol. The van der Waals surface area contributed by atoms with Crippen LogP contribution >= 0.6 is 11.6 Å². The highest BCUT2D eigenvalue weighted by molar-refractivity contribution is 6.31. The second-order valence-corrected chi connectivity index (χ2v) is 9.33. The molecule has 15 heteroatoms. The number of aliphatic hydroxyl groups excluding tert-OH is 1. The van der Waals surface area contributed by atoms with E-state index < -0.39 is 18.6 Å². The van der Waals surface area contributed by atoms with E-state index in [-0.39, 0.29) is 45.8 Å². The highest BCUT2D eigenvalue weighted by Crippen LogP contribution is 2.38. The number of nitrogens with one attached hydrogen (secondary N) is 2. The van der Waals surface area contributed by atoms with Crippen molar-refractivity contribution in [3.05, 3.63) is 59.6 Å². The number of fused-ring (bicyclic) bond motifs is 1. The van der Waals surface area contributed by atoms with Crippen LogP contribution < -0.4 is 15.4 Å². The van der Waals surface area contributed by atoms with Gasteiger partial charge in [-0.05, 0) is 30.7 Å². The topological polar surface area (TPSA) is 139 Å². The van der Waals surface area contributed by atoms with Crippen LogP contribution in [-0.4, -0.2) is 85.6 Å². The number of halogens is 3. The molecule has 5 rings (SSSR count). The van der Waals surface area contributed by atoms with Gasteiger partial charge in [0.1, 0.15) is 23.0 Å². The van der Waals surface area contributed by atoms with Crippen LogP contribution in [0.2, 0.25) is 5.02 Å². The van der Waals surface area contributed by atoms with E-state index in [1.54, 1.807) is 17.2 Å². The predicted octanol–water partition coefficient (Wildman–Crippen LogP) is 2.46. The quantitative estimate of drug-likeness (QED) is 0.232. The molecule has 0 aliphatic carbocycles. The molecule has 3 N–H and O–H groups in total. The maximum Gasteiger partial charge on any atom is 0.387 e. The molecule has 1 atom stereocenters. The third-order valence-electron chi connectivity index (χ3n) is 6.35. The zero-order chi connectivity index (χ0) is 28.2. The van der Waals surface area contributed by atoms with E-state index in [4.69, 9.17) is 21.4 Å². The van der Waals surface area contributed by atoms with Crippen LogP contribution in [0.3, 0.4) is 0 Å². The summed E-state index contributed by atoms with van der Waals surface area (Å²) in [6.07, 6.45) is 6.44. The molecule has 12 nitrogen and oxygen atoms in total. The van der Waals surface area contributed by atoms with E-state index in [0.29, 0.717) is 38.2 Å². The number of amides is 2. The lowest BCUT2D eigenvalue weighted by molar-refractivity contribution is -0.130. The minimum atomic E-state index is -3.12. The van der Waals surface area contributed by atoms with Crippen molar-refractivity contribution in [3.63, 3.8) is 0 Å². The maximum atomic E-state index is 13.3. The summed E-state index contributed by atoms with van der Waals surface area (Å²) in [5.41, 5.74) is 0.836. The number of aromatic nitrogens is 5. The molecule has 1 fully saturated rings. The second-order valence-electron chi connectivity index (χ2n) is 8.89. The number of rotatable bonds is 11. The third kappa shape index (κ3) is 5.73. The molecule has 40 heavy (non-hydrogen) atoms. The average Bonchev–Trinajstić information content (AvgIpc) is 3.64. The largest absolute Gasteiger partial charge is 0.434 e. The van der Waals surface area contributed by atoms with Crippen molar-refractivity contribution >= 4 is 34.7 Å². The van der Waals surface area contributed by atoms with E-state index in [0.717, 1.165) is 0 Å². The number of carbonyl (C=O) groups is 2. The summed E-state index contributed by atoms with van der Waals surface area (Å²) in [4.78, 5) is 32.4. The van der Waals surface area contributed by atoms with Gasteiger partial charge in [-0.1, -0.05) is 11.6 Å². The molecule has 0 bridgehead atoms. The number of carbonyl (C=O) groups excluding carboxylic acids is 2. The number of anilines is 1. The lowest BCUT2D eigenvalue weighted by Crippen LogP contribution is -2.35. The first-order chi connectivity index (χ1) is 19.4. The van der Waals surface area contributed by atoms with Gasteiger partial charge in [0.05, 0.1) is 24.7 Å². The van der Waals surface area contributed by atoms with Gasteiger partial charge in [0.15, 0.2) is 5.65 Å². The van der Waals surface area contributed by atoms with Gasteiger partial charge in [0.25, 0.3) is 5.91 Å². The highest BCUT2D eigenvalue weighted by Gasteiger charge is 2.34. The number of hydrogen-bond acceptors (Lipinski definition) is 8. The van der Waals surface area contributed by atoms with Gasteiger partial charge >= 0.3 is 6.61 Å². The summed E-state index contributed by atoms with van der Waals surface area (Å²) in [7, 11) is 0. The van der Waals surface area contributed by atoms with E-state index >= 15 is 0 Å². The van der Waals surface area contributed by atoms with Gasteiger partial charge in [0.2, 0.25) is 5.91 Å². The molecule has 1 aliphatic heterocycles. The number of hydrogen-bond donors (Lipinski definition) is 3. The summed E-state index contributed by atoms with van der Waals surface area (Å²) >= 11 is 6.19. The van der Waals surface area contributed by atoms with Crippen molar-refractivity contribution in [3.8, 4) is 17.0 Å². The smallest absolute Gasteiger partial charge is 0.387 e. The Morgan fingerprint density at radius 3 is 2.95 bits per heavy atom. The molecule has 0 spiro atoms. The van der Waals surface area contributed by atoms with Gasteiger partial charge in [-0.2, -0.15) is 19.0 Å². The number of alkyl halides is 2. The fraction of sp³-hybridized carbons (Fsp3) is 0.320. The minimum Gasteiger partial charge on any atom is -0.434 e. The van der Waals surface area contributed by atoms with Crippen molar-refractivity contribution in [2.45, 2.75) is 19.1 Å². The molecule has 2 amide bonds. The van der Waals surface area contributed by atoms with Crippen LogP contribution in [-0.2, 0) is 4.79 Å². The summed E-state index contributed by atoms with van der Waals surface area (Å²) < 4.78 is 34.0. The first-order valence-electron chi connectivity index (χ1n) is 12.4. The lowest BCUT2D eigenvalue weighted by Gasteiger charge is -2.17. The van der Waals surface area contributed by atoms with Crippen LogP contribution in [0.1, 0.15) is 22.8 Å². The van der Waals surface area contributed by atoms with Crippen molar-refractivity contribution in [1.82, 2.24) is 34.6 Å². The van der Waals surface area contributed by atoms with Crippen molar-refractivity contribution in [2.75, 3.05) is 38.1 Å². The van der Waals surface area contributed by atoms with E-state index in [1.165, 1.54) is 46.0 Å². The van der Waals surface area contributed by atoms with Crippen LogP contribution in [0.4, 0.5) is 14.5 Å². The van der Waals surface area contributed by atoms with Gasteiger partial charge in [-0.15, -0.1) is 0 Å². The maximum absolute atomic E-state index is 13.3. The number of nitrogens with zero attached hydrogens (tertiary/aromatic N) is 6. The fourth-order valence-electron chi connectivity index (χ4n) is 4.51. The predicted molar refractivity (Wildman–Crippen MR) is 140 cm³/mol. The standard InChI is InChI=1S/C25H25ClF2N8O4/c26-15-2-3-20(40-25(27)28)16(12-15)21-18(32-23(38)17-13-31-35-8-1-5-30-22(17)35)14-36(33-21)19-4-9-34(24(19)39)10-6-29-7-11-37/h1-3,5,8,12-14,19,25,29,37H,4,6-7,9-11H2,(H,32,38). The van der Waals surface area contributed by atoms with Crippen molar-refractivity contribution in [1.29, 1.82) is 0 Å². The molecule has 3 aromatic heterocycles. The number of aliphatic hydroxyl groups is 1. The Hall–Kier alpha value is -4.14. The van der Waals surface area contributed by atoms with Crippen LogP contribution in [0.25, 0.3) is 16.9 Å². The van der Waals surface area contributed by atoms with Gasteiger partial charge < -0.3 is 25.4 Å². The average molecular weight is 575 g/mol. The van der Waals surface area contributed by atoms with E-state index in [1.807, 2.05) is 0 Å². The van der Waals surface area contributed by atoms with Crippen LogP contribution in [0.15, 0.2) is 49.1 Å². The molecular formula is C25H25ClF2N8O4. The van der Waals surface area contributed by atoms with Crippen LogP contribution in [0, 0.1) is 0 Å². The highest BCUT2D eigenvalue weighted by atomic mass is 35.5. The number of benzene rings is 1. The summed E-state index contributed by atoms with van der Waals surface area (Å²) in [5.74, 6) is -0.950. The first-order valence-corrected chi connectivity index (χ1v) is 12.8. The Kier molecular flexibility index (Phi) is 8.19. The van der Waals surface area contributed by atoms with Gasteiger partial charge in [0, 0.05) is 49.2 Å². The zero-order valence-corrected chi connectivity index (χ0v) is 21.8. The molecule has 1 aliphatic rings. The molecule has 0 radical (unpaired) electrons. The Bertz CT molecular complexity index is 1530. The number of ether oxygens (including phenoxy) is 1. The third-order valence-corrected chi connectivity index (χ3v) is 6.59. The monoisotopic (exact) mass is 574 g/mol. The Balaban J connectivity index is 1.50. The Morgan fingerprint density at radius 2 is 2.15 bits per heavy atom. The Labute approximate surface area is 231 Å². The van der Waals surface area contributed by atoms with Crippen molar-refractivity contribution < 1.29 is 28.2 Å². The molecule has 4 aromatic rings. The van der Waals surface area contributed by atoms with Crippen molar-refractivity contribution in [2.24, 2.45) is 0 Å². The molecule has 1 saturated heterocycles. The van der Waals surface area contributed by atoms with Gasteiger partial charge in [-0.25, -0.2) is 9.50 Å². The molecule has 4 heterocycles. The van der Waals surface area contributed by atoms with E-state index in [9.17, 15) is 18.4 Å². The van der Waals surface area contributed by atoms with Gasteiger partial charge in [-0.3, -0.25) is 14.3 Å². The summed E-state index contributed by atoms with van der Waals surface area (Å²) in [6, 6.07) is 5.06. The summed E-state index contributed by atoms with van der Waals surface area (Å²) in [6.45, 7) is -1.28. The molecule has 1 unspecified atom stereocenters. The minimum absolute atomic E-state index is 0.00672. The zero-order valence-electron chi connectivity index (χ0n) is 21.0. The summed E-state index contributed by atoms with van der Waals surface area (Å²) in [5, 5.41) is 23.6. The fourth-order valence-corrected chi connectivity index (χ4v) is 4.68. The van der Waals surface area contributed by atoms with Crippen LogP contribution in [0.5, 0.6) is 5.75 Å². The normalized spacial score (nSPS) is 15.4. The Morgan fingerprint density at radius 1 is 1.30 bits per heavy atom. The molecule has 210 valence electrons. The lowest BCUT2D eigenvalue weighted by atomic mass is 10.1. The molecule has 0 saturated carbocycles. The second kappa shape index (κ2) is 11.9.